The Labute approximate surface area is 96.8 Å². The average Bonchev–Trinajstić information content (AvgIpc) is 2.14. The zero-order chi connectivity index (χ0) is 9.52. The van der Waals surface area contributed by atoms with E-state index in [1.165, 1.54) is 58.0 Å². The van der Waals surface area contributed by atoms with Crippen LogP contribution in [0, 0.1) is 5.92 Å². The van der Waals surface area contributed by atoms with E-state index in [-0.39, 0.29) is 0 Å². The van der Waals surface area contributed by atoms with Crippen molar-refractivity contribution < 1.29 is 0 Å². The number of halogens is 1. The van der Waals surface area contributed by atoms with Crippen LogP contribution in [0.5, 0.6) is 0 Å². The van der Waals surface area contributed by atoms with Gasteiger partial charge in [0, 0.05) is 36.0 Å². The highest BCUT2D eigenvalue weighted by atomic mass is 127. The van der Waals surface area contributed by atoms with Gasteiger partial charge in [-0.05, 0) is 18.8 Å². The fourth-order valence-corrected chi connectivity index (χ4v) is 2.67. The molecule has 1 fully saturated rings. The van der Waals surface area contributed by atoms with E-state index in [0.29, 0.717) is 0 Å². The molecule has 2 heteroatoms. The smallest absolute Gasteiger partial charge is 0.0201 e. The maximum Gasteiger partial charge on any atom is 0.0201 e. The summed E-state index contributed by atoms with van der Waals surface area (Å²) in [6.45, 7) is 5.02. The highest BCUT2D eigenvalue weighted by molar-refractivity contribution is 14.1. The minimum absolute atomic E-state index is 0.973. The van der Waals surface area contributed by atoms with E-state index in [4.69, 9.17) is 0 Å². The molecule has 0 spiro atoms. The second-order valence-corrected chi connectivity index (χ2v) is 5.72. The lowest BCUT2D eigenvalue weighted by atomic mass is 9.98. The van der Waals surface area contributed by atoms with Crippen LogP contribution in [0.4, 0.5) is 0 Å². The molecule has 1 heterocycles. The quantitative estimate of drug-likeness (QED) is 0.482. The molecule has 78 valence electrons. The zero-order valence-electron chi connectivity index (χ0n) is 8.77. The highest BCUT2D eigenvalue weighted by Gasteiger charge is 2.06. The number of hydrogen-bond acceptors (Lipinski definition) is 1. The Hall–Kier alpha value is 0.690. The van der Waals surface area contributed by atoms with E-state index < -0.39 is 0 Å². The summed E-state index contributed by atoms with van der Waals surface area (Å²) in [6.07, 6.45) is 10.0. The summed E-state index contributed by atoms with van der Waals surface area (Å²) in [5, 5.41) is 0. The first kappa shape index (κ1) is 11.8. The van der Waals surface area contributed by atoms with E-state index in [1.807, 2.05) is 0 Å². The predicted octanol–water partition coefficient (Wildman–Crippen LogP) is 4.02. The largest absolute Gasteiger partial charge is 0.248 e. The van der Waals surface area contributed by atoms with Gasteiger partial charge in [-0.1, -0.05) is 39.0 Å². The molecule has 0 saturated carbocycles. The summed E-state index contributed by atoms with van der Waals surface area (Å²) in [5.74, 6) is 0.973. The molecule has 1 saturated heterocycles. The Morgan fingerprint density at radius 1 is 0.923 bits per heavy atom. The van der Waals surface area contributed by atoms with Crippen LogP contribution in [-0.4, -0.2) is 16.2 Å². The topological polar surface area (TPSA) is 3.24 Å². The summed E-state index contributed by atoms with van der Waals surface area (Å²) in [6, 6.07) is 0. The minimum Gasteiger partial charge on any atom is -0.248 e. The standard InChI is InChI=1S/C11H22IN/c1-11-7-3-2-5-9-13(12)10-6-4-8-11/h11H,2-10H2,1H3. The van der Waals surface area contributed by atoms with Crippen LogP contribution in [0.3, 0.4) is 0 Å². The van der Waals surface area contributed by atoms with Gasteiger partial charge in [0.05, 0.1) is 0 Å². The third-order valence-electron chi connectivity index (χ3n) is 2.95. The fraction of sp³-hybridized carbons (Fsp3) is 1.00. The molecular formula is C11H22IN. The molecule has 0 radical (unpaired) electrons. The molecule has 0 bridgehead atoms. The molecule has 1 atom stereocenters. The Morgan fingerprint density at radius 2 is 1.46 bits per heavy atom. The Kier molecular flexibility index (Phi) is 6.37. The Balaban J connectivity index is 2.22. The van der Waals surface area contributed by atoms with Crippen LogP contribution in [-0.2, 0) is 0 Å². The lowest BCUT2D eigenvalue weighted by Gasteiger charge is -2.12. The van der Waals surface area contributed by atoms with Gasteiger partial charge in [-0.3, -0.25) is 0 Å². The van der Waals surface area contributed by atoms with Gasteiger partial charge in [0.15, 0.2) is 0 Å². The van der Waals surface area contributed by atoms with E-state index in [1.54, 1.807) is 0 Å². The van der Waals surface area contributed by atoms with Crippen LogP contribution in [0.2, 0.25) is 0 Å². The maximum absolute atomic E-state index is 2.48. The van der Waals surface area contributed by atoms with E-state index >= 15 is 0 Å². The summed E-state index contributed by atoms with van der Waals surface area (Å²) in [7, 11) is 0. The number of rotatable bonds is 0. The lowest BCUT2D eigenvalue weighted by Crippen LogP contribution is -2.13. The second kappa shape index (κ2) is 7.04. The first-order valence-corrected chi connectivity index (χ1v) is 6.66. The zero-order valence-corrected chi connectivity index (χ0v) is 10.9. The van der Waals surface area contributed by atoms with Crippen molar-refractivity contribution in [2.75, 3.05) is 13.1 Å². The Morgan fingerprint density at radius 3 is 2.15 bits per heavy atom. The summed E-state index contributed by atoms with van der Waals surface area (Å²) in [5.41, 5.74) is 0. The average molecular weight is 295 g/mol. The van der Waals surface area contributed by atoms with Gasteiger partial charge in [-0.2, -0.15) is 0 Å². The molecule has 0 aromatic rings. The SMILES string of the molecule is CC1CCCCCN(I)CCCC1. The van der Waals surface area contributed by atoms with Gasteiger partial charge in [-0.15, -0.1) is 0 Å². The molecule has 13 heavy (non-hydrogen) atoms. The predicted molar refractivity (Wildman–Crippen MR) is 67.1 cm³/mol. The molecule has 0 aromatic heterocycles. The van der Waals surface area contributed by atoms with Gasteiger partial charge in [-0.25, -0.2) is 3.11 Å². The lowest BCUT2D eigenvalue weighted by molar-refractivity contribution is 0.445. The molecular weight excluding hydrogens is 273 g/mol. The van der Waals surface area contributed by atoms with Crippen LogP contribution < -0.4 is 0 Å². The first-order valence-electron chi connectivity index (χ1n) is 5.70. The van der Waals surface area contributed by atoms with Crippen LogP contribution in [0.25, 0.3) is 0 Å². The van der Waals surface area contributed by atoms with Gasteiger partial charge < -0.3 is 0 Å². The van der Waals surface area contributed by atoms with Crippen molar-refractivity contribution in [2.45, 2.75) is 51.9 Å². The van der Waals surface area contributed by atoms with Crippen LogP contribution >= 0.6 is 22.9 Å². The minimum atomic E-state index is 0.973. The number of nitrogens with zero attached hydrogens (tertiary/aromatic N) is 1. The maximum atomic E-state index is 2.48. The van der Waals surface area contributed by atoms with Crippen molar-refractivity contribution in [3.63, 3.8) is 0 Å². The van der Waals surface area contributed by atoms with Crippen LogP contribution in [0.1, 0.15) is 51.9 Å². The first-order chi connectivity index (χ1) is 6.29. The van der Waals surface area contributed by atoms with E-state index in [2.05, 4.69) is 32.9 Å². The van der Waals surface area contributed by atoms with Crippen molar-refractivity contribution in [3.8, 4) is 0 Å². The van der Waals surface area contributed by atoms with Crippen molar-refractivity contribution >= 4 is 22.9 Å². The van der Waals surface area contributed by atoms with Gasteiger partial charge in [0.25, 0.3) is 0 Å². The number of hydrogen-bond donors (Lipinski definition) is 0. The summed E-state index contributed by atoms with van der Waals surface area (Å²) >= 11 is 2.48. The monoisotopic (exact) mass is 295 g/mol. The van der Waals surface area contributed by atoms with Crippen molar-refractivity contribution in [1.82, 2.24) is 3.11 Å². The van der Waals surface area contributed by atoms with Crippen LogP contribution in [0.15, 0.2) is 0 Å². The van der Waals surface area contributed by atoms with Gasteiger partial charge in [0.2, 0.25) is 0 Å². The molecule has 0 aromatic carbocycles. The summed E-state index contributed by atoms with van der Waals surface area (Å²) in [4.78, 5) is 0. The molecule has 0 N–H and O–H groups in total. The third kappa shape index (κ3) is 5.89. The van der Waals surface area contributed by atoms with Crippen molar-refractivity contribution in [2.24, 2.45) is 5.92 Å². The molecule has 1 nitrogen and oxygen atoms in total. The Bertz CT molecular complexity index is 113. The molecule has 0 aliphatic carbocycles. The molecule has 1 aliphatic rings. The fourth-order valence-electron chi connectivity index (χ4n) is 1.99. The highest BCUT2D eigenvalue weighted by Crippen LogP contribution is 2.18. The third-order valence-corrected chi connectivity index (χ3v) is 3.91. The normalized spacial score (nSPS) is 29.5. The van der Waals surface area contributed by atoms with Gasteiger partial charge >= 0.3 is 0 Å². The summed E-state index contributed by atoms with van der Waals surface area (Å²) < 4.78 is 2.47. The second-order valence-electron chi connectivity index (χ2n) is 4.36. The molecule has 1 unspecified atom stereocenters. The van der Waals surface area contributed by atoms with Crippen molar-refractivity contribution in [3.05, 3.63) is 0 Å². The van der Waals surface area contributed by atoms with E-state index in [9.17, 15) is 0 Å². The molecule has 1 aliphatic heterocycles. The molecule has 1 rings (SSSR count). The van der Waals surface area contributed by atoms with E-state index in [0.717, 1.165) is 5.92 Å². The molecule has 0 amide bonds. The van der Waals surface area contributed by atoms with Gasteiger partial charge in [0.1, 0.15) is 0 Å². The van der Waals surface area contributed by atoms with Crippen molar-refractivity contribution in [1.29, 1.82) is 0 Å².